The molecule has 0 spiro atoms. The number of para-hydroxylation sites is 1. The van der Waals surface area contributed by atoms with Crippen LogP contribution < -0.4 is 5.32 Å². The highest BCUT2D eigenvalue weighted by Gasteiger charge is 2.36. The van der Waals surface area contributed by atoms with Gasteiger partial charge in [-0.25, -0.2) is 0 Å². The molecule has 0 aliphatic heterocycles. The van der Waals surface area contributed by atoms with E-state index >= 15 is 0 Å². The number of nitrogens with one attached hydrogen (secondary N) is 1. The van der Waals surface area contributed by atoms with Crippen molar-refractivity contribution in [3.63, 3.8) is 0 Å². The Labute approximate surface area is 92.5 Å². The summed E-state index contributed by atoms with van der Waals surface area (Å²) in [7, 11) is 0. The topological polar surface area (TPSA) is 32.3 Å². The van der Waals surface area contributed by atoms with Gasteiger partial charge in [0.05, 0.1) is 4.47 Å². The molecule has 0 bridgehead atoms. The quantitative estimate of drug-likeness (QED) is 0.871. The fourth-order valence-electron chi connectivity index (χ4n) is 1.38. The Balaban J connectivity index is 2.05. The number of phenols is 1. The first kappa shape index (κ1) is 9.99. The summed E-state index contributed by atoms with van der Waals surface area (Å²) in [4.78, 5) is 0. The van der Waals surface area contributed by atoms with Crippen LogP contribution in [0.2, 0.25) is 0 Å². The highest BCUT2D eigenvalue weighted by Crippen LogP contribution is 2.35. The van der Waals surface area contributed by atoms with E-state index in [0.717, 1.165) is 16.6 Å². The monoisotopic (exact) mass is 255 g/mol. The zero-order chi connectivity index (χ0) is 10.2. The van der Waals surface area contributed by atoms with Crippen molar-refractivity contribution in [2.24, 2.45) is 0 Å². The molecule has 0 saturated heterocycles. The van der Waals surface area contributed by atoms with Crippen molar-refractivity contribution >= 4 is 15.9 Å². The van der Waals surface area contributed by atoms with Gasteiger partial charge in [0.25, 0.3) is 0 Å². The van der Waals surface area contributed by atoms with Crippen LogP contribution in [0.25, 0.3) is 0 Å². The average molecular weight is 256 g/mol. The Morgan fingerprint density at radius 1 is 1.50 bits per heavy atom. The molecule has 76 valence electrons. The lowest BCUT2D eigenvalue weighted by molar-refractivity contribution is 0.454. The molecule has 2 rings (SSSR count). The van der Waals surface area contributed by atoms with E-state index in [1.165, 1.54) is 12.8 Å². The first-order valence-corrected chi connectivity index (χ1v) is 5.61. The number of rotatable bonds is 3. The van der Waals surface area contributed by atoms with Crippen molar-refractivity contribution in [2.75, 3.05) is 0 Å². The second-order valence-corrected chi connectivity index (χ2v) is 5.02. The first-order valence-electron chi connectivity index (χ1n) is 4.82. The van der Waals surface area contributed by atoms with Crippen molar-refractivity contribution in [1.82, 2.24) is 5.32 Å². The molecule has 1 aliphatic rings. The largest absolute Gasteiger partial charge is 0.506 e. The molecule has 3 heteroatoms. The van der Waals surface area contributed by atoms with Gasteiger partial charge in [-0.3, -0.25) is 0 Å². The molecular weight excluding hydrogens is 242 g/mol. The minimum atomic E-state index is 0.314. The van der Waals surface area contributed by atoms with Crippen molar-refractivity contribution in [2.45, 2.75) is 31.8 Å². The Hall–Kier alpha value is -0.540. The van der Waals surface area contributed by atoms with Crippen molar-refractivity contribution in [3.8, 4) is 5.75 Å². The molecular formula is C11H14BrNO. The van der Waals surface area contributed by atoms with Gasteiger partial charge in [-0.1, -0.05) is 12.1 Å². The fourth-order valence-corrected chi connectivity index (χ4v) is 1.78. The lowest BCUT2D eigenvalue weighted by Crippen LogP contribution is -2.26. The van der Waals surface area contributed by atoms with Gasteiger partial charge in [0, 0.05) is 17.6 Å². The van der Waals surface area contributed by atoms with Gasteiger partial charge in [-0.15, -0.1) is 0 Å². The molecule has 0 amide bonds. The van der Waals surface area contributed by atoms with Gasteiger partial charge >= 0.3 is 0 Å². The minimum absolute atomic E-state index is 0.314. The normalized spacial score (nSPS) is 18.1. The van der Waals surface area contributed by atoms with E-state index in [-0.39, 0.29) is 0 Å². The lowest BCUT2D eigenvalue weighted by Gasteiger charge is -2.12. The van der Waals surface area contributed by atoms with Crippen LogP contribution in [0.15, 0.2) is 22.7 Å². The van der Waals surface area contributed by atoms with Crippen LogP contribution in [0.4, 0.5) is 0 Å². The minimum Gasteiger partial charge on any atom is -0.506 e. The Bertz CT molecular complexity index is 347. The summed E-state index contributed by atoms with van der Waals surface area (Å²) in [6, 6.07) is 5.73. The summed E-state index contributed by atoms with van der Waals surface area (Å²) >= 11 is 3.30. The predicted octanol–water partition coefficient (Wildman–Crippen LogP) is 2.80. The van der Waals surface area contributed by atoms with E-state index in [0.29, 0.717) is 11.3 Å². The molecule has 2 nitrogen and oxygen atoms in total. The van der Waals surface area contributed by atoms with Gasteiger partial charge in [0.2, 0.25) is 0 Å². The van der Waals surface area contributed by atoms with Crippen LogP contribution in [0.1, 0.15) is 25.3 Å². The Morgan fingerprint density at radius 3 is 2.86 bits per heavy atom. The van der Waals surface area contributed by atoms with Crippen LogP contribution in [0, 0.1) is 0 Å². The van der Waals surface area contributed by atoms with E-state index in [4.69, 9.17) is 0 Å². The highest BCUT2D eigenvalue weighted by atomic mass is 79.9. The van der Waals surface area contributed by atoms with Gasteiger partial charge < -0.3 is 10.4 Å². The van der Waals surface area contributed by atoms with Crippen LogP contribution in [0.3, 0.4) is 0 Å². The second-order valence-electron chi connectivity index (χ2n) is 4.16. The summed E-state index contributed by atoms with van der Waals surface area (Å²) < 4.78 is 0.762. The molecule has 0 aromatic heterocycles. The molecule has 1 aromatic rings. The van der Waals surface area contributed by atoms with Gasteiger partial charge in [-0.2, -0.15) is 0 Å². The van der Waals surface area contributed by atoms with Crippen LogP contribution in [-0.2, 0) is 6.54 Å². The molecule has 1 fully saturated rings. The molecule has 14 heavy (non-hydrogen) atoms. The third kappa shape index (κ3) is 2.10. The Morgan fingerprint density at radius 2 is 2.21 bits per heavy atom. The standard InChI is InChI=1S/C11H14BrNO/c1-11(5-6-11)13-7-8-3-2-4-9(12)10(8)14/h2-4,13-14H,5-7H2,1H3. The average Bonchev–Trinajstić information content (AvgIpc) is 2.88. The number of halogens is 1. The van der Waals surface area contributed by atoms with Gasteiger partial charge in [-0.05, 0) is 41.8 Å². The summed E-state index contributed by atoms with van der Waals surface area (Å²) in [5.41, 5.74) is 1.27. The molecule has 0 heterocycles. The van der Waals surface area contributed by atoms with Gasteiger partial charge in [0.15, 0.2) is 0 Å². The lowest BCUT2D eigenvalue weighted by atomic mass is 10.2. The molecule has 2 N–H and O–H groups in total. The van der Waals surface area contributed by atoms with E-state index in [2.05, 4.69) is 28.2 Å². The zero-order valence-corrected chi connectivity index (χ0v) is 9.76. The summed E-state index contributed by atoms with van der Waals surface area (Å²) in [5.74, 6) is 0.351. The van der Waals surface area contributed by atoms with Crippen molar-refractivity contribution in [1.29, 1.82) is 0 Å². The molecule has 0 atom stereocenters. The molecule has 1 saturated carbocycles. The number of phenolic OH excluding ortho intramolecular Hbond substituents is 1. The smallest absolute Gasteiger partial charge is 0.134 e. The number of aromatic hydroxyl groups is 1. The maximum atomic E-state index is 9.73. The predicted molar refractivity (Wildman–Crippen MR) is 60.3 cm³/mol. The van der Waals surface area contributed by atoms with Crippen molar-refractivity contribution < 1.29 is 5.11 Å². The van der Waals surface area contributed by atoms with E-state index in [9.17, 15) is 5.11 Å². The van der Waals surface area contributed by atoms with E-state index in [1.807, 2.05) is 18.2 Å². The maximum Gasteiger partial charge on any atom is 0.134 e. The summed E-state index contributed by atoms with van der Waals surface area (Å²) in [6.45, 7) is 2.95. The van der Waals surface area contributed by atoms with Crippen molar-refractivity contribution in [3.05, 3.63) is 28.2 Å². The highest BCUT2D eigenvalue weighted by molar-refractivity contribution is 9.10. The van der Waals surface area contributed by atoms with E-state index < -0.39 is 0 Å². The van der Waals surface area contributed by atoms with Crippen LogP contribution in [0.5, 0.6) is 5.75 Å². The third-order valence-electron chi connectivity index (χ3n) is 2.78. The SMILES string of the molecule is CC1(NCc2cccc(Br)c2O)CC1. The zero-order valence-electron chi connectivity index (χ0n) is 8.18. The second kappa shape index (κ2) is 3.55. The third-order valence-corrected chi connectivity index (χ3v) is 3.42. The molecule has 0 radical (unpaired) electrons. The molecule has 0 unspecified atom stereocenters. The Kier molecular flexibility index (Phi) is 2.54. The van der Waals surface area contributed by atoms with Crippen LogP contribution >= 0.6 is 15.9 Å². The van der Waals surface area contributed by atoms with E-state index in [1.54, 1.807) is 0 Å². The first-order chi connectivity index (χ1) is 6.61. The number of benzene rings is 1. The molecule has 1 aliphatic carbocycles. The molecule has 1 aromatic carbocycles. The summed E-state index contributed by atoms with van der Waals surface area (Å²) in [6.07, 6.45) is 2.48. The number of hydrogen-bond donors (Lipinski definition) is 2. The maximum absolute atomic E-state index is 9.73. The van der Waals surface area contributed by atoms with Crippen LogP contribution in [-0.4, -0.2) is 10.6 Å². The van der Waals surface area contributed by atoms with Gasteiger partial charge in [0.1, 0.15) is 5.75 Å². The number of hydrogen-bond acceptors (Lipinski definition) is 2. The summed E-state index contributed by atoms with van der Waals surface area (Å²) in [5, 5.41) is 13.2. The fraction of sp³-hybridized carbons (Fsp3) is 0.455.